The van der Waals surface area contributed by atoms with Gasteiger partial charge in [0.2, 0.25) is 0 Å². The zero-order chi connectivity index (χ0) is 18.7. The zero-order valence-corrected chi connectivity index (χ0v) is 16.4. The number of aromatic nitrogens is 1. The highest BCUT2D eigenvalue weighted by Gasteiger charge is 2.13. The van der Waals surface area contributed by atoms with Crippen LogP contribution in [-0.4, -0.2) is 36.7 Å². The van der Waals surface area contributed by atoms with Crippen molar-refractivity contribution in [3.8, 4) is 0 Å². The van der Waals surface area contributed by atoms with Crippen LogP contribution in [-0.2, 0) is 11.3 Å². The summed E-state index contributed by atoms with van der Waals surface area (Å²) in [7, 11) is 0. The number of guanidine groups is 1. The van der Waals surface area contributed by atoms with Crippen LogP contribution in [0.3, 0.4) is 0 Å². The Bertz CT molecular complexity index is 720. The summed E-state index contributed by atoms with van der Waals surface area (Å²) in [4.78, 5) is 9.17. The van der Waals surface area contributed by atoms with Crippen LogP contribution in [0, 0.1) is 0 Å². The molecule has 0 spiro atoms. The molecule has 1 heterocycles. The molecule has 0 bridgehead atoms. The summed E-state index contributed by atoms with van der Waals surface area (Å²) in [6, 6.07) is 10.3. The highest BCUT2D eigenvalue weighted by molar-refractivity contribution is 5.83. The highest BCUT2D eigenvalue weighted by atomic mass is 16.5. The lowest BCUT2D eigenvalue weighted by Crippen LogP contribution is -2.38. The zero-order valence-electron chi connectivity index (χ0n) is 16.4. The van der Waals surface area contributed by atoms with E-state index in [1.54, 1.807) is 0 Å². The van der Waals surface area contributed by atoms with Gasteiger partial charge in [-0.1, -0.05) is 37.5 Å². The number of nitrogens with zero attached hydrogens (tertiary/aromatic N) is 2. The third-order valence-corrected chi connectivity index (χ3v) is 5.01. The topological polar surface area (TPSA) is 58.5 Å². The van der Waals surface area contributed by atoms with E-state index < -0.39 is 0 Å². The van der Waals surface area contributed by atoms with Crippen molar-refractivity contribution in [1.29, 1.82) is 0 Å². The van der Waals surface area contributed by atoms with E-state index in [2.05, 4.69) is 28.6 Å². The minimum atomic E-state index is 0.487. The van der Waals surface area contributed by atoms with Crippen molar-refractivity contribution in [2.24, 2.45) is 4.99 Å². The van der Waals surface area contributed by atoms with Gasteiger partial charge in [-0.3, -0.25) is 4.98 Å². The summed E-state index contributed by atoms with van der Waals surface area (Å²) in [6.07, 6.45) is 9.83. The van der Waals surface area contributed by atoms with Gasteiger partial charge in [-0.25, -0.2) is 4.99 Å². The third-order valence-electron chi connectivity index (χ3n) is 5.01. The highest BCUT2D eigenvalue weighted by Crippen LogP contribution is 2.20. The molecule has 1 aromatic heterocycles. The molecule has 0 radical (unpaired) electrons. The molecule has 1 aromatic carbocycles. The van der Waals surface area contributed by atoms with E-state index in [-0.39, 0.29) is 0 Å². The Kier molecular flexibility index (Phi) is 7.90. The predicted molar refractivity (Wildman–Crippen MR) is 112 cm³/mol. The first-order valence-corrected chi connectivity index (χ1v) is 10.3. The SMILES string of the molecule is CCNC(=NCc1ccnc2ccccc12)NCCCOC1CCCCC1. The average Bonchev–Trinajstić information content (AvgIpc) is 2.72. The summed E-state index contributed by atoms with van der Waals surface area (Å²) >= 11 is 0. The van der Waals surface area contributed by atoms with Crippen LogP contribution in [0.15, 0.2) is 41.5 Å². The number of nitrogens with one attached hydrogen (secondary N) is 2. The Balaban J connectivity index is 1.47. The number of ether oxygens (including phenoxy) is 1. The molecule has 1 fully saturated rings. The van der Waals surface area contributed by atoms with Crippen molar-refractivity contribution in [3.05, 3.63) is 42.1 Å². The molecule has 27 heavy (non-hydrogen) atoms. The van der Waals surface area contributed by atoms with Crippen molar-refractivity contribution in [3.63, 3.8) is 0 Å². The summed E-state index contributed by atoms with van der Waals surface area (Å²) < 4.78 is 5.99. The van der Waals surface area contributed by atoms with E-state index in [0.717, 1.165) is 37.6 Å². The molecule has 146 valence electrons. The molecule has 0 amide bonds. The largest absolute Gasteiger partial charge is 0.378 e. The lowest BCUT2D eigenvalue weighted by molar-refractivity contribution is 0.0277. The lowest BCUT2D eigenvalue weighted by Gasteiger charge is -2.22. The van der Waals surface area contributed by atoms with Gasteiger partial charge in [0, 0.05) is 31.3 Å². The standard InChI is InChI=1S/C22H32N4O/c1-2-23-22(25-14-8-16-27-19-9-4-3-5-10-19)26-17-18-13-15-24-21-12-7-6-11-20(18)21/h6-7,11-13,15,19H,2-5,8-10,14,16-17H2,1H3,(H2,23,25,26). The van der Waals surface area contributed by atoms with Crippen LogP contribution in [0.1, 0.15) is 51.0 Å². The quantitative estimate of drug-likeness (QED) is 0.420. The Morgan fingerprint density at radius 2 is 2.00 bits per heavy atom. The fourth-order valence-electron chi connectivity index (χ4n) is 3.56. The van der Waals surface area contributed by atoms with Crippen LogP contribution in [0.2, 0.25) is 0 Å². The minimum Gasteiger partial charge on any atom is -0.378 e. The second kappa shape index (κ2) is 10.9. The van der Waals surface area contributed by atoms with Crippen molar-refractivity contribution >= 4 is 16.9 Å². The van der Waals surface area contributed by atoms with Gasteiger partial charge >= 0.3 is 0 Å². The first-order chi connectivity index (χ1) is 13.4. The normalized spacial score (nSPS) is 15.8. The van der Waals surface area contributed by atoms with Gasteiger partial charge < -0.3 is 15.4 Å². The summed E-state index contributed by atoms with van der Waals surface area (Å²) in [5, 5.41) is 7.91. The monoisotopic (exact) mass is 368 g/mol. The van der Waals surface area contributed by atoms with Crippen LogP contribution < -0.4 is 10.6 Å². The maximum absolute atomic E-state index is 5.99. The number of benzene rings is 1. The van der Waals surface area contributed by atoms with Crippen LogP contribution >= 0.6 is 0 Å². The lowest BCUT2D eigenvalue weighted by atomic mass is 9.98. The van der Waals surface area contributed by atoms with E-state index >= 15 is 0 Å². The Morgan fingerprint density at radius 3 is 2.85 bits per heavy atom. The Labute approximate surface area is 162 Å². The minimum absolute atomic E-state index is 0.487. The van der Waals surface area contributed by atoms with Gasteiger partial charge in [0.15, 0.2) is 5.96 Å². The molecular formula is C22H32N4O. The molecule has 5 nitrogen and oxygen atoms in total. The van der Waals surface area contributed by atoms with E-state index in [1.807, 2.05) is 30.5 Å². The second-order valence-electron chi connectivity index (χ2n) is 7.09. The number of fused-ring (bicyclic) bond motifs is 1. The van der Waals surface area contributed by atoms with Gasteiger partial charge in [-0.15, -0.1) is 0 Å². The molecule has 1 aliphatic rings. The second-order valence-corrected chi connectivity index (χ2v) is 7.09. The fraction of sp³-hybridized carbons (Fsp3) is 0.545. The van der Waals surface area contributed by atoms with Gasteiger partial charge in [0.1, 0.15) is 0 Å². The van der Waals surface area contributed by atoms with Crippen molar-refractivity contribution in [2.75, 3.05) is 19.7 Å². The molecule has 5 heteroatoms. The molecule has 1 saturated carbocycles. The smallest absolute Gasteiger partial charge is 0.191 e. The molecule has 2 aromatic rings. The van der Waals surface area contributed by atoms with Gasteiger partial charge in [-0.2, -0.15) is 0 Å². The first kappa shape index (κ1) is 19.6. The van der Waals surface area contributed by atoms with E-state index in [0.29, 0.717) is 12.6 Å². The molecule has 2 N–H and O–H groups in total. The number of para-hydroxylation sites is 1. The number of hydrogen-bond acceptors (Lipinski definition) is 3. The average molecular weight is 369 g/mol. The van der Waals surface area contributed by atoms with Crippen molar-refractivity contribution in [2.45, 2.75) is 58.1 Å². The number of aliphatic imine (C=N–C) groups is 1. The van der Waals surface area contributed by atoms with Gasteiger partial charge in [-0.05, 0) is 43.9 Å². The number of pyridine rings is 1. The van der Waals surface area contributed by atoms with Crippen LogP contribution in [0.5, 0.6) is 0 Å². The summed E-state index contributed by atoms with van der Waals surface area (Å²) in [6.45, 7) is 5.27. The molecule has 0 aliphatic heterocycles. The summed E-state index contributed by atoms with van der Waals surface area (Å²) in [5.74, 6) is 0.857. The molecule has 0 atom stereocenters. The Morgan fingerprint density at radius 1 is 1.15 bits per heavy atom. The molecular weight excluding hydrogens is 336 g/mol. The van der Waals surface area contributed by atoms with Gasteiger partial charge in [0.25, 0.3) is 0 Å². The fourth-order valence-corrected chi connectivity index (χ4v) is 3.56. The number of hydrogen-bond donors (Lipinski definition) is 2. The Hall–Kier alpha value is -2.14. The third kappa shape index (κ3) is 6.21. The van der Waals surface area contributed by atoms with Crippen LogP contribution in [0.25, 0.3) is 10.9 Å². The number of rotatable bonds is 8. The van der Waals surface area contributed by atoms with E-state index in [1.165, 1.54) is 43.1 Å². The molecule has 1 aliphatic carbocycles. The molecule has 0 unspecified atom stereocenters. The van der Waals surface area contributed by atoms with E-state index in [9.17, 15) is 0 Å². The molecule has 0 saturated heterocycles. The molecule has 3 rings (SSSR count). The van der Waals surface area contributed by atoms with E-state index in [4.69, 9.17) is 9.73 Å². The van der Waals surface area contributed by atoms with Gasteiger partial charge in [0.05, 0.1) is 18.2 Å². The van der Waals surface area contributed by atoms with Crippen molar-refractivity contribution < 1.29 is 4.74 Å². The maximum Gasteiger partial charge on any atom is 0.191 e. The predicted octanol–water partition coefficient (Wildman–Crippen LogP) is 4.03. The summed E-state index contributed by atoms with van der Waals surface area (Å²) in [5.41, 5.74) is 2.21. The van der Waals surface area contributed by atoms with Crippen molar-refractivity contribution in [1.82, 2.24) is 15.6 Å². The van der Waals surface area contributed by atoms with Crippen LogP contribution in [0.4, 0.5) is 0 Å². The maximum atomic E-state index is 5.99. The first-order valence-electron chi connectivity index (χ1n) is 10.3.